The van der Waals surface area contributed by atoms with E-state index < -0.39 is 0 Å². The summed E-state index contributed by atoms with van der Waals surface area (Å²) in [5.74, 6) is 1.29. The molecule has 0 radical (unpaired) electrons. The zero-order valence-electron chi connectivity index (χ0n) is 8.98. The molecule has 0 aliphatic carbocycles. The Kier molecular flexibility index (Phi) is 3.28. The van der Waals surface area contributed by atoms with Gasteiger partial charge in [-0.25, -0.2) is 0 Å². The van der Waals surface area contributed by atoms with Gasteiger partial charge in [-0.05, 0) is 18.1 Å². The predicted octanol–water partition coefficient (Wildman–Crippen LogP) is 3.11. The van der Waals surface area contributed by atoms with Gasteiger partial charge in [0.2, 0.25) is 0 Å². The van der Waals surface area contributed by atoms with Gasteiger partial charge in [0.1, 0.15) is 0 Å². The molecule has 16 heavy (non-hydrogen) atoms. The van der Waals surface area contributed by atoms with Crippen molar-refractivity contribution in [1.82, 2.24) is 10.1 Å². The van der Waals surface area contributed by atoms with Gasteiger partial charge in [-0.3, -0.25) is 0 Å². The molecule has 2 aromatic rings. The molecule has 0 saturated heterocycles. The summed E-state index contributed by atoms with van der Waals surface area (Å²) in [5, 5.41) is 3.88. The topological polar surface area (TPSA) is 64.9 Å². The fourth-order valence-electron chi connectivity index (χ4n) is 1.20. The molecule has 4 nitrogen and oxygen atoms in total. The summed E-state index contributed by atoms with van der Waals surface area (Å²) in [4.78, 5) is 5.12. The second kappa shape index (κ2) is 4.53. The van der Waals surface area contributed by atoms with Crippen LogP contribution in [0.2, 0.25) is 4.34 Å². The summed E-state index contributed by atoms with van der Waals surface area (Å²) in [6, 6.07) is 3.45. The molecule has 86 valence electrons. The fourth-order valence-corrected chi connectivity index (χ4v) is 2.16. The standard InChI is InChI=1S/C10H12ClN3OS/c1-5(2)8(12)9-13-10(15-14-9)6-3-4-7(11)16-6/h3-5,8H,12H2,1-2H3. The van der Waals surface area contributed by atoms with Crippen LogP contribution in [-0.2, 0) is 0 Å². The van der Waals surface area contributed by atoms with Gasteiger partial charge in [0.15, 0.2) is 5.82 Å². The first-order valence-corrected chi connectivity index (χ1v) is 6.12. The molecule has 1 atom stereocenters. The third-order valence-corrected chi connectivity index (χ3v) is 3.46. The van der Waals surface area contributed by atoms with Gasteiger partial charge in [0, 0.05) is 0 Å². The monoisotopic (exact) mass is 257 g/mol. The Labute approximate surface area is 102 Å². The minimum atomic E-state index is -0.201. The van der Waals surface area contributed by atoms with Gasteiger partial charge in [0.25, 0.3) is 5.89 Å². The lowest BCUT2D eigenvalue weighted by molar-refractivity contribution is 0.400. The van der Waals surface area contributed by atoms with E-state index in [1.807, 2.05) is 19.9 Å². The molecule has 2 aromatic heterocycles. The quantitative estimate of drug-likeness (QED) is 0.918. The molecule has 1 unspecified atom stereocenters. The summed E-state index contributed by atoms with van der Waals surface area (Å²) >= 11 is 7.24. The number of thiophene rings is 1. The van der Waals surface area contributed by atoms with Crippen LogP contribution in [0.15, 0.2) is 16.7 Å². The zero-order valence-corrected chi connectivity index (χ0v) is 10.5. The average molecular weight is 258 g/mol. The number of nitrogens with two attached hydrogens (primary N) is 1. The van der Waals surface area contributed by atoms with Crippen molar-refractivity contribution < 1.29 is 4.52 Å². The highest BCUT2D eigenvalue weighted by molar-refractivity contribution is 7.19. The molecule has 0 amide bonds. The summed E-state index contributed by atoms with van der Waals surface area (Å²) < 4.78 is 5.84. The van der Waals surface area contributed by atoms with Crippen molar-refractivity contribution in [2.75, 3.05) is 0 Å². The fraction of sp³-hybridized carbons (Fsp3) is 0.400. The zero-order chi connectivity index (χ0) is 11.7. The molecule has 0 aliphatic rings. The first-order valence-electron chi connectivity index (χ1n) is 4.93. The van der Waals surface area contributed by atoms with E-state index in [4.69, 9.17) is 21.9 Å². The predicted molar refractivity (Wildman–Crippen MR) is 64.4 cm³/mol. The van der Waals surface area contributed by atoms with E-state index in [2.05, 4.69) is 10.1 Å². The molecular formula is C10H12ClN3OS. The van der Waals surface area contributed by atoms with Gasteiger partial charge in [-0.1, -0.05) is 30.6 Å². The SMILES string of the molecule is CC(C)C(N)c1noc(-c2ccc(Cl)s2)n1. The second-order valence-corrected chi connectivity index (χ2v) is 5.55. The maximum atomic E-state index is 5.93. The van der Waals surface area contributed by atoms with Gasteiger partial charge >= 0.3 is 0 Å². The number of hydrogen-bond acceptors (Lipinski definition) is 5. The maximum absolute atomic E-state index is 5.93. The number of halogens is 1. The highest BCUT2D eigenvalue weighted by atomic mass is 35.5. The Morgan fingerprint density at radius 2 is 2.19 bits per heavy atom. The molecule has 0 aliphatic heterocycles. The molecule has 2 rings (SSSR count). The molecule has 0 spiro atoms. The van der Waals surface area contributed by atoms with Crippen LogP contribution in [0.25, 0.3) is 10.8 Å². The van der Waals surface area contributed by atoms with E-state index in [0.717, 1.165) is 4.88 Å². The van der Waals surface area contributed by atoms with Gasteiger partial charge in [-0.2, -0.15) is 4.98 Å². The van der Waals surface area contributed by atoms with E-state index in [1.54, 1.807) is 6.07 Å². The van der Waals surface area contributed by atoms with Crippen molar-refractivity contribution in [2.45, 2.75) is 19.9 Å². The number of nitrogens with zero attached hydrogens (tertiary/aromatic N) is 2. The van der Waals surface area contributed by atoms with E-state index in [-0.39, 0.29) is 12.0 Å². The summed E-state index contributed by atoms with van der Waals surface area (Å²) in [5.41, 5.74) is 5.93. The first kappa shape index (κ1) is 11.6. The summed E-state index contributed by atoms with van der Waals surface area (Å²) in [6.45, 7) is 4.03. The molecule has 2 heterocycles. The normalized spacial score (nSPS) is 13.3. The van der Waals surface area contributed by atoms with Crippen LogP contribution >= 0.6 is 22.9 Å². The third kappa shape index (κ3) is 2.26. The Morgan fingerprint density at radius 1 is 1.44 bits per heavy atom. The Hall–Kier alpha value is -0.910. The van der Waals surface area contributed by atoms with Crippen LogP contribution in [-0.4, -0.2) is 10.1 Å². The molecule has 0 aromatic carbocycles. The smallest absolute Gasteiger partial charge is 0.268 e. The minimum Gasteiger partial charge on any atom is -0.333 e. The maximum Gasteiger partial charge on any atom is 0.268 e. The van der Waals surface area contributed by atoms with Crippen LogP contribution in [0.3, 0.4) is 0 Å². The molecule has 2 N–H and O–H groups in total. The van der Waals surface area contributed by atoms with Crippen molar-refractivity contribution in [3.05, 3.63) is 22.3 Å². The van der Waals surface area contributed by atoms with Crippen LogP contribution in [0.4, 0.5) is 0 Å². The van der Waals surface area contributed by atoms with E-state index in [1.165, 1.54) is 11.3 Å². The molecular weight excluding hydrogens is 246 g/mol. The third-order valence-electron chi connectivity index (χ3n) is 2.24. The number of rotatable bonds is 3. The summed E-state index contributed by atoms with van der Waals surface area (Å²) in [6.07, 6.45) is 0. The van der Waals surface area contributed by atoms with Gasteiger partial charge in [-0.15, -0.1) is 11.3 Å². The average Bonchev–Trinajstić information content (AvgIpc) is 2.84. The van der Waals surface area contributed by atoms with E-state index in [0.29, 0.717) is 16.1 Å². The molecule has 0 fully saturated rings. The Balaban J connectivity index is 2.26. The van der Waals surface area contributed by atoms with Crippen molar-refractivity contribution in [3.8, 4) is 10.8 Å². The van der Waals surface area contributed by atoms with Crippen LogP contribution in [0, 0.1) is 5.92 Å². The number of aromatic nitrogens is 2. The summed E-state index contributed by atoms with van der Waals surface area (Å²) in [7, 11) is 0. The highest BCUT2D eigenvalue weighted by Gasteiger charge is 2.18. The van der Waals surface area contributed by atoms with Crippen LogP contribution in [0.5, 0.6) is 0 Å². The van der Waals surface area contributed by atoms with E-state index in [9.17, 15) is 0 Å². The molecule has 0 bridgehead atoms. The Bertz CT molecular complexity index is 480. The van der Waals surface area contributed by atoms with Crippen LogP contribution < -0.4 is 5.73 Å². The Morgan fingerprint density at radius 3 is 2.75 bits per heavy atom. The highest BCUT2D eigenvalue weighted by Crippen LogP contribution is 2.30. The van der Waals surface area contributed by atoms with Crippen molar-refractivity contribution in [2.24, 2.45) is 11.7 Å². The van der Waals surface area contributed by atoms with Crippen molar-refractivity contribution >= 4 is 22.9 Å². The lowest BCUT2D eigenvalue weighted by Gasteiger charge is -2.09. The number of hydrogen-bond donors (Lipinski definition) is 1. The largest absolute Gasteiger partial charge is 0.333 e. The molecule has 0 saturated carbocycles. The lowest BCUT2D eigenvalue weighted by Crippen LogP contribution is -2.18. The lowest BCUT2D eigenvalue weighted by atomic mass is 10.1. The van der Waals surface area contributed by atoms with Crippen molar-refractivity contribution in [1.29, 1.82) is 0 Å². The second-order valence-electron chi connectivity index (χ2n) is 3.83. The molecule has 6 heteroatoms. The van der Waals surface area contributed by atoms with Crippen LogP contribution in [0.1, 0.15) is 25.7 Å². The van der Waals surface area contributed by atoms with Crippen molar-refractivity contribution in [3.63, 3.8) is 0 Å². The first-order chi connectivity index (χ1) is 7.58. The van der Waals surface area contributed by atoms with E-state index >= 15 is 0 Å². The van der Waals surface area contributed by atoms with Gasteiger partial charge in [0.05, 0.1) is 15.3 Å². The van der Waals surface area contributed by atoms with Gasteiger partial charge < -0.3 is 10.3 Å². The minimum absolute atomic E-state index is 0.201.